The fourth-order valence-electron chi connectivity index (χ4n) is 1.72. The number of aliphatic imine (C=N–C) groups is 1. The van der Waals surface area contributed by atoms with Crippen molar-refractivity contribution in [2.24, 2.45) is 4.99 Å². The van der Waals surface area contributed by atoms with E-state index in [2.05, 4.69) is 30.7 Å². The van der Waals surface area contributed by atoms with Crippen LogP contribution in [0.25, 0.3) is 0 Å². The molecule has 0 aliphatic rings. The van der Waals surface area contributed by atoms with Crippen LogP contribution in [-0.2, 0) is 9.47 Å². The number of amidine groups is 1. The molecule has 4 nitrogen and oxygen atoms in total. The third-order valence-electron chi connectivity index (χ3n) is 2.69. The minimum Gasteiger partial charge on any atom is -0.501 e. The maximum atomic E-state index is 5.75. The average molecular weight is 282 g/mol. The number of methoxy groups -OCH3 is 1. The summed E-state index contributed by atoms with van der Waals surface area (Å²) in [5.41, 5.74) is 0.680. The number of rotatable bonds is 10. The second-order valence-corrected chi connectivity index (χ2v) is 4.65. The van der Waals surface area contributed by atoms with Crippen molar-refractivity contribution in [3.8, 4) is 0 Å². The Bertz CT molecular complexity index is 329. The molecule has 1 N–H and O–H groups in total. The molecule has 0 aromatic rings. The summed E-state index contributed by atoms with van der Waals surface area (Å²) < 4.78 is 11.0. The van der Waals surface area contributed by atoms with Gasteiger partial charge >= 0.3 is 0 Å². The molecule has 0 saturated heterocycles. The topological polar surface area (TPSA) is 42.8 Å². The lowest BCUT2D eigenvalue weighted by atomic mass is 10.3. The van der Waals surface area contributed by atoms with Crippen LogP contribution >= 0.6 is 0 Å². The number of hydrogen-bond donors (Lipinski definition) is 1. The van der Waals surface area contributed by atoms with Gasteiger partial charge < -0.3 is 14.8 Å². The molecule has 0 aromatic heterocycles. The van der Waals surface area contributed by atoms with Crippen LogP contribution in [0.1, 0.15) is 53.4 Å². The lowest BCUT2D eigenvalue weighted by Crippen LogP contribution is -2.35. The number of allylic oxidation sites excluding steroid dienone is 2. The molecule has 1 unspecified atom stereocenters. The zero-order valence-electron chi connectivity index (χ0n) is 13.7. The van der Waals surface area contributed by atoms with Gasteiger partial charge in [0.05, 0.1) is 18.6 Å². The van der Waals surface area contributed by atoms with E-state index in [9.17, 15) is 0 Å². The van der Waals surface area contributed by atoms with Crippen molar-refractivity contribution in [2.45, 2.75) is 59.6 Å². The van der Waals surface area contributed by atoms with Gasteiger partial charge in [0.25, 0.3) is 0 Å². The van der Waals surface area contributed by atoms with Gasteiger partial charge in [-0.1, -0.05) is 33.8 Å². The van der Waals surface area contributed by atoms with Crippen LogP contribution in [0.5, 0.6) is 0 Å². The Morgan fingerprint density at radius 3 is 2.50 bits per heavy atom. The van der Waals surface area contributed by atoms with Crippen LogP contribution in [0.4, 0.5) is 0 Å². The second-order valence-electron chi connectivity index (χ2n) is 4.65. The zero-order valence-corrected chi connectivity index (χ0v) is 13.7. The molecule has 0 spiro atoms. The third-order valence-corrected chi connectivity index (χ3v) is 2.69. The smallest absolute Gasteiger partial charge is 0.128 e. The van der Waals surface area contributed by atoms with E-state index >= 15 is 0 Å². The maximum absolute atomic E-state index is 5.75. The maximum Gasteiger partial charge on any atom is 0.128 e. The molecular weight excluding hydrogens is 252 g/mol. The van der Waals surface area contributed by atoms with Crippen LogP contribution in [0.2, 0.25) is 0 Å². The van der Waals surface area contributed by atoms with E-state index in [1.54, 1.807) is 7.11 Å². The van der Waals surface area contributed by atoms with E-state index in [-0.39, 0.29) is 6.23 Å². The Hall–Kier alpha value is -1.29. The average Bonchev–Trinajstić information content (AvgIpc) is 2.42. The fourth-order valence-corrected chi connectivity index (χ4v) is 1.72. The highest BCUT2D eigenvalue weighted by molar-refractivity contribution is 5.80. The zero-order chi connectivity index (χ0) is 15.4. The van der Waals surface area contributed by atoms with Gasteiger partial charge in [0.1, 0.15) is 12.1 Å². The van der Waals surface area contributed by atoms with Gasteiger partial charge in [-0.05, 0) is 19.8 Å². The molecule has 4 heteroatoms. The fraction of sp³-hybridized carbons (Fsp3) is 0.688. The highest BCUT2D eigenvalue weighted by Crippen LogP contribution is 2.07. The summed E-state index contributed by atoms with van der Waals surface area (Å²) in [4.78, 5) is 4.42. The Morgan fingerprint density at radius 2 is 2.00 bits per heavy atom. The lowest BCUT2D eigenvalue weighted by molar-refractivity contribution is 0.0373. The first kappa shape index (κ1) is 18.7. The van der Waals surface area contributed by atoms with Gasteiger partial charge in [0.2, 0.25) is 0 Å². The third kappa shape index (κ3) is 8.75. The van der Waals surface area contributed by atoms with Gasteiger partial charge in [-0.15, -0.1) is 0 Å². The SMILES string of the molecule is C=C(/C=C(\CC)OC)/N=C(/C)NC(CCC)OCCC. The molecule has 0 radical (unpaired) electrons. The van der Waals surface area contributed by atoms with E-state index in [4.69, 9.17) is 9.47 Å². The molecule has 0 amide bonds. The molecule has 0 aromatic carbocycles. The summed E-state index contributed by atoms with van der Waals surface area (Å²) in [7, 11) is 1.66. The Balaban J connectivity index is 4.53. The monoisotopic (exact) mass is 282 g/mol. The van der Waals surface area contributed by atoms with Crippen LogP contribution in [0.3, 0.4) is 0 Å². The van der Waals surface area contributed by atoms with E-state index in [0.29, 0.717) is 5.70 Å². The predicted octanol–water partition coefficient (Wildman–Crippen LogP) is 4.00. The molecule has 0 aliphatic heterocycles. The summed E-state index contributed by atoms with van der Waals surface area (Å²) in [6, 6.07) is 0. The first-order chi connectivity index (χ1) is 9.57. The van der Waals surface area contributed by atoms with Gasteiger partial charge in [-0.3, -0.25) is 0 Å². The Morgan fingerprint density at radius 1 is 1.30 bits per heavy atom. The molecule has 0 saturated carbocycles. The van der Waals surface area contributed by atoms with Gasteiger partial charge in [0, 0.05) is 19.1 Å². The number of nitrogens with zero attached hydrogens (tertiary/aromatic N) is 1. The van der Waals surface area contributed by atoms with Crippen LogP contribution in [-0.4, -0.2) is 25.8 Å². The van der Waals surface area contributed by atoms with Gasteiger partial charge in [-0.2, -0.15) is 0 Å². The minimum atomic E-state index is 0.0218. The summed E-state index contributed by atoms with van der Waals surface area (Å²) in [5, 5.41) is 3.29. The second kappa shape index (κ2) is 11.5. The Labute approximate surface area is 124 Å². The predicted molar refractivity (Wildman–Crippen MR) is 85.7 cm³/mol. The highest BCUT2D eigenvalue weighted by Gasteiger charge is 2.07. The summed E-state index contributed by atoms with van der Waals surface area (Å²) in [6.07, 6.45) is 5.75. The van der Waals surface area contributed by atoms with E-state index in [0.717, 1.165) is 43.9 Å². The normalized spacial score (nSPS) is 14.1. The molecule has 1 atom stereocenters. The van der Waals surface area contributed by atoms with Crippen molar-refractivity contribution in [3.63, 3.8) is 0 Å². The standard InChI is InChI=1S/C16H30N2O2/c1-7-10-16(20-11-8-2)18-14(5)17-13(4)12-15(9-3)19-6/h12,16H,4,7-11H2,1-3,5-6H3,(H,17,18)/b15-12+. The van der Waals surface area contributed by atoms with E-state index in [1.807, 2.05) is 19.9 Å². The number of ether oxygens (including phenoxy) is 2. The first-order valence-electron chi connectivity index (χ1n) is 7.44. The largest absolute Gasteiger partial charge is 0.501 e. The van der Waals surface area contributed by atoms with Crippen LogP contribution < -0.4 is 5.32 Å². The highest BCUT2D eigenvalue weighted by atomic mass is 16.5. The molecule has 0 aliphatic carbocycles. The molecule has 116 valence electrons. The van der Waals surface area contributed by atoms with Crippen molar-refractivity contribution in [2.75, 3.05) is 13.7 Å². The molecule has 20 heavy (non-hydrogen) atoms. The van der Waals surface area contributed by atoms with Crippen LogP contribution in [0.15, 0.2) is 29.1 Å². The van der Waals surface area contributed by atoms with Gasteiger partial charge in [0.15, 0.2) is 0 Å². The van der Waals surface area contributed by atoms with E-state index < -0.39 is 0 Å². The minimum absolute atomic E-state index is 0.0218. The summed E-state index contributed by atoms with van der Waals surface area (Å²) in [6.45, 7) is 12.9. The Kier molecular flexibility index (Phi) is 10.8. The molecule has 0 bridgehead atoms. The van der Waals surface area contributed by atoms with Crippen molar-refractivity contribution < 1.29 is 9.47 Å². The van der Waals surface area contributed by atoms with Crippen molar-refractivity contribution in [1.29, 1.82) is 0 Å². The molecular formula is C16H30N2O2. The molecule has 0 heterocycles. The van der Waals surface area contributed by atoms with E-state index in [1.165, 1.54) is 0 Å². The molecule has 0 rings (SSSR count). The van der Waals surface area contributed by atoms with Crippen molar-refractivity contribution >= 4 is 5.84 Å². The lowest BCUT2D eigenvalue weighted by Gasteiger charge is -2.19. The summed E-state index contributed by atoms with van der Waals surface area (Å²) >= 11 is 0. The molecule has 0 fully saturated rings. The number of hydrogen-bond acceptors (Lipinski definition) is 3. The van der Waals surface area contributed by atoms with Crippen molar-refractivity contribution in [1.82, 2.24) is 5.32 Å². The van der Waals surface area contributed by atoms with Gasteiger partial charge in [-0.25, -0.2) is 4.99 Å². The first-order valence-corrected chi connectivity index (χ1v) is 7.44. The summed E-state index contributed by atoms with van der Waals surface area (Å²) in [5.74, 6) is 1.69. The van der Waals surface area contributed by atoms with Crippen molar-refractivity contribution in [3.05, 3.63) is 24.1 Å². The quantitative estimate of drug-likeness (QED) is 0.216. The number of nitrogens with one attached hydrogen (secondary N) is 1. The van der Waals surface area contributed by atoms with Crippen LogP contribution in [0, 0.1) is 0 Å².